The number of fused-ring (bicyclic) bond motifs is 1. The highest BCUT2D eigenvalue weighted by Gasteiger charge is 2.58. The van der Waals surface area contributed by atoms with Gasteiger partial charge in [0.2, 0.25) is 0 Å². The van der Waals surface area contributed by atoms with Crippen LogP contribution in [0.3, 0.4) is 0 Å². The number of alkyl halides is 2. The van der Waals surface area contributed by atoms with Crippen molar-refractivity contribution in [2.24, 2.45) is 0 Å². The van der Waals surface area contributed by atoms with E-state index in [4.69, 9.17) is 33.1 Å². The van der Waals surface area contributed by atoms with Gasteiger partial charge in [0, 0.05) is 16.5 Å². The predicted octanol–water partition coefficient (Wildman–Crippen LogP) is 4.36. The van der Waals surface area contributed by atoms with Gasteiger partial charge in [-0.05, 0) is 45.9 Å². The topological polar surface area (TPSA) is 126 Å². The minimum atomic E-state index is -5.23. The minimum Gasteiger partial charge on any atom is -0.477 e. The van der Waals surface area contributed by atoms with E-state index in [1.54, 1.807) is 13.8 Å². The molecule has 4 rings (SSSR count). The highest BCUT2D eigenvalue weighted by Crippen LogP contribution is 2.68. The Hall–Kier alpha value is -1.92. The molecule has 2 saturated heterocycles. The molecule has 182 valence electrons. The predicted molar refractivity (Wildman–Crippen MR) is 109 cm³/mol. The van der Waals surface area contributed by atoms with Crippen molar-refractivity contribution in [2.75, 3.05) is 0 Å². The van der Waals surface area contributed by atoms with Gasteiger partial charge < -0.3 is 29.0 Å². The third-order valence-corrected chi connectivity index (χ3v) is 7.39. The van der Waals surface area contributed by atoms with Crippen LogP contribution in [0, 0.1) is 0 Å². The summed E-state index contributed by atoms with van der Waals surface area (Å²) in [5.41, 5.74) is -4.65. The molecular weight excluding hydrogens is 467 g/mol. The Bertz CT molecular complexity index is 1050. The average Bonchev–Trinajstić information content (AvgIpc) is 3.12. The highest BCUT2D eigenvalue weighted by molar-refractivity contribution is 7.54. The quantitative estimate of drug-likeness (QED) is 0.492. The van der Waals surface area contributed by atoms with Crippen LogP contribution in [-0.4, -0.2) is 53.4 Å². The van der Waals surface area contributed by atoms with Crippen LogP contribution in [0.4, 0.5) is 8.78 Å². The molecule has 2 atom stereocenters. The number of halogens is 2. The fourth-order valence-corrected chi connectivity index (χ4v) is 5.35. The third-order valence-electron chi connectivity index (χ3n) is 5.22. The summed E-state index contributed by atoms with van der Waals surface area (Å²) in [6.45, 7) is 5.97. The number of aromatic carboxylic acids is 1. The van der Waals surface area contributed by atoms with E-state index in [9.17, 15) is 9.36 Å². The van der Waals surface area contributed by atoms with Gasteiger partial charge in [0.25, 0.3) is 0 Å². The third kappa shape index (κ3) is 4.57. The number of rotatable bonds is 9. The summed E-state index contributed by atoms with van der Waals surface area (Å²) in [5, 5.41) is 9.32. The second-order valence-corrected chi connectivity index (χ2v) is 9.84. The highest BCUT2D eigenvalue weighted by atomic mass is 31.2. The fraction of sp³-hybridized carbons (Fsp3) is 0.550. The first kappa shape index (κ1) is 24.2. The molecule has 2 aliphatic heterocycles. The molecular formula is C20H24F2NO9P. The maximum atomic E-state index is 15.7. The summed E-state index contributed by atoms with van der Waals surface area (Å²) < 4.78 is 76.8. The summed E-state index contributed by atoms with van der Waals surface area (Å²) in [6.07, 6.45) is -5.38. The molecule has 0 radical (unpaired) electrons. The molecule has 33 heavy (non-hydrogen) atoms. The van der Waals surface area contributed by atoms with Crippen LogP contribution in [0.25, 0.3) is 10.9 Å². The van der Waals surface area contributed by atoms with Gasteiger partial charge in [0.15, 0.2) is 25.2 Å². The molecule has 0 amide bonds. The monoisotopic (exact) mass is 491 g/mol. The maximum Gasteiger partial charge on any atom is 0.405 e. The molecule has 0 spiro atoms. The Balaban J connectivity index is 1.65. The Morgan fingerprint density at radius 2 is 1.58 bits per heavy atom. The fourth-order valence-electron chi connectivity index (χ4n) is 3.51. The molecule has 0 saturated carbocycles. The molecule has 2 fully saturated rings. The first-order chi connectivity index (χ1) is 15.4. The van der Waals surface area contributed by atoms with Gasteiger partial charge in [0.1, 0.15) is 17.9 Å². The minimum absolute atomic E-state index is 0.176. The summed E-state index contributed by atoms with van der Waals surface area (Å²) in [5.74, 6) is -1.25. The van der Waals surface area contributed by atoms with Crippen molar-refractivity contribution in [1.29, 1.82) is 0 Å². The first-order valence-electron chi connectivity index (χ1n) is 10.2. The molecule has 0 bridgehead atoms. The number of benzene rings is 1. The molecule has 2 aromatic rings. The average molecular weight is 491 g/mol. The summed E-state index contributed by atoms with van der Waals surface area (Å²) in [6, 6.07) is 4.52. The van der Waals surface area contributed by atoms with E-state index in [1.165, 1.54) is 26.0 Å². The number of carboxylic acids is 1. The van der Waals surface area contributed by atoms with E-state index in [0.717, 1.165) is 12.1 Å². The van der Waals surface area contributed by atoms with E-state index in [0.29, 0.717) is 5.52 Å². The Labute approximate surface area is 187 Å². The molecule has 10 nitrogen and oxygen atoms in total. The zero-order chi connectivity index (χ0) is 24.1. The van der Waals surface area contributed by atoms with Crippen LogP contribution in [0.15, 0.2) is 24.3 Å². The number of carbonyl (C=O) groups is 1. The number of carboxylic acid groups (broad SMARTS) is 1. The largest absolute Gasteiger partial charge is 0.477 e. The molecule has 0 aliphatic carbocycles. The Morgan fingerprint density at radius 3 is 2.03 bits per heavy atom. The van der Waals surface area contributed by atoms with Crippen LogP contribution in [0.2, 0.25) is 0 Å². The number of ether oxygens (including phenoxy) is 4. The maximum absolute atomic E-state index is 15.7. The van der Waals surface area contributed by atoms with Gasteiger partial charge in [0.05, 0.1) is 0 Å². The SMILES string of the molecule is CC1OC([C@H](C)OP(=O)(O[C@@H](C)C2OC(C)O2)C(F)(F)c2ccc3[nH]c(C(=O)O)cc3c2)O1. The number of H-pyrrole nitrogens is 1. The van der Waals surface area contributed by atoms with Crippen molar-refractivity contribution in [3.05, 3.63) is 35.5 Å². The lowest BCUT2D eigenvalue weighted by Gasteiger charge is -2.41. The first-order valence-corrected chi connectivity index (χ1v) is 11.8. The number of hydrogen-bond donors (Lipinski definition) is 2. The van der Waals surface area contributed by atoms with Crippen LogP contribution < -0.4 is 0 Å². The van der Waals surface area contributed by atoms with Crippen molar-refractivity contribution < 1.29 is 51.2 Å². The van der Waals surface area contributed by atoms with E-state index in [1.807, 2.05) is 0 Å². The van der Waals surface area contributed by atoms with Gasteiger partial charge in [-0.3, -0.25) is 13.6 Å². The van der Waals surface area contributed by atoms with Crippen LogP contribution in [0.1, 0.15) is 43.7 Å². The van der Waals surface area contributed by atoms with Crippen LogP contribution >= 0.6 is 7.60 Å². The lowest BCUT2D eigenvalue weighted by atomic mass is 10.1. The molecule has 13 heteroatoms. The Morgan fingerprint density at radius 1 is 1.06 bits per heavy atom. The second kappa shape index (κ2) is 8.70. The summed E-state index contributed by atoms with van der Waals surface area (Å²) >= 11 is 0. The van der Waals surface area contributed by atoms with Gasteiger partial charge in [-0.2, -0.15) is 8.78 Å². The van der Waals surface area contributed by atoms with Gasteiger partial charge in [-0.15, -0.1) is 0 Å². The van der Waals surface area contributed by atoms with Gasteiger partial charge in [-0.25, -0.2) is 4.79 Å². The van der Waals surface area contributed by atoms with Gasteiger partial charge in [-0.1, -0.05) is 6.07 Å². The zero-order valence-corrected chi connectivity index (χ0v) is 19.1. The number of aromatic nitrogens is 1. The van der Waals surface area contributed by atoms with Crippen molar-refractivity contribution in [3.63, 3.8) is 0 Å². The molecule has 2 aliphatic rings. The molecule has 1 aromatic carbocycles. The zero-order valence-electron chi connectivity index (χ0n) is 18.2. The summed E-state index contributed by atoms with van der Waals surface area (Å²) in [7, 11) is -5.23. The second-order valence-electron chi connectivity index (χ2n) is 7.87. The van der Waals surface area contributed by atoms with E-state index in [-0.39, 0.29) is 11.1 Å². The van der Waals surface area contributed by atoms with E-state index >= 15 is 8.78 Å². The van der Waals surface area contributed by atoms with Crippen molar-refractivity contribution in [1.82, 2.24) is 4.98 Å². The standard InChI is InChI=1S/C20H24F2NO9P/c1-9(18-27-11(3)28-18)31-33(26,32-10(2)19-29-12(4)30-19)20(21,22)14-5-6-15-13(7-14)8-16(23-15)17(24)25/h5-12,18-19,23H,1-4H3,(H,24,25)/t9-,10-,11?,12?,18?,19?,33?/m0/s1. The Kier molecular flexibility index (Phi) is 6.38. The van der Waals surface area contributed by atoms with E-state index < -0.39 is 62.2 Å². The molecule has 2 N–H and O–H groups in total. The summed E-state index contributed by atoms with van der Waals surface area (Å²) in [4.78, 5) is 13.8. The van der Waals surface area contributed by atoms with Crippen molar-refractivity contribution in [3.8, 4) is 0 Å². The number of aromatic amines is 1. The molecule has 0 unspecified atom stereocenters. The number of hydrogen-bond acceptors (Lipinski definition) is 8. The normalized spacial score (nSPS) is 29.0. The molecule has 1 aromatic heterocycles. The van der Waals surface area contributed by atoms with Gasteiger partial charge >= 0.3 is 19.2 Å². The lowest BCUT2D eigenvalue weighted by molar-refractivity contribution is -0.398. The lowest BCUT2D eigenvalue weighted by Crippen LogP contribution is -2.48. The molecule has 3 heterocycles. The number of nitrogens with one attached hydrogen (secondary N) is 1. The smallest absolute Gasteiger partial charge is 0.405 e. The van der Waals surface area contributed by atoms with Crippen LogP contribution in [-0.2, 0) is 38.2 Å². The van der Waals surface area contributed by atoms with Crippen molar-refractivity contribution in [2.45, 2.75) is 70.7 Å². The van der Waals surface area contributed by atoms with Crippen LogP contribution in [0.5, 0.6) is 0 Å². The van der Waals surface area contributed by atoms with Crippen molar-refractivity contribution >= 4 is 24.5 Å². The van der Waals surface area contributed by atoms with E-state index in [2.05, 4.69) is 4.98 Å².